The van der Waals surface area contributed by atoms with Gasteiger partial charge in [-0.3, -0.25) is 4.79 Å². The lowest BCUT2D eigenvalue weighted by atomic mass is 10.0. The van der Waals surface area contributed by atoms with E-state index in [1.807, 2.05) is 0 Å². The zero-order valence-corrected chi connectivity index (χ0v) is 15.2. The second kappa shape index (κ2) is 8.27. The van der Waals surface area contributed by atoms with Gasteiger partial charge in [0.25, 0.3) is 5.91 Å². The maximum atomic E-state index is 13.7. The number of benzene rings is 1. The monoisotopic (exact) mass is 385 g/mol. The molecule has 0 saturated carbocycles. The van der Waals surface area contributed by atoms with E-state index in [0.29, 0.717) is 11.0 Å². The third-order valence-corrected chi connectivity index (χ3v) is 4.12. The minimum absolute atomic E-state index is 0.158. The Labute approximate surface area is 154 Å². The molecule has 1 N–H and O–H groups in total. The first-order chi connectivity index (χ1) is 12.2. The number of carbonyl (C=O) groups is 2. The average molecular weight is 386 g/mol. The molecule has 9 heteroatoms. The molecule has 0 unspecified atom stereocenters. The van der Waals surface area contributed by atoms with Crippen LogP contribution < -0.4 is 5.32 Å². The maximum absolute atomic E-state index is 13.7. The molecular weight excluding hydrogens is 368 g/mol. The fourth-order valence-corrected chi connectivity index (χ4v) is 2.36. The standard InChI is InChI=1S/C17H18ClF2N3O3/c1-9(2)15(17(25)26-8-13-21-7-12(18)23(13)3)22-16(24)14-10(19)5-4-6-11(14)20/h4-7,9,15H,8H2,1-3H3,(H,22,24)/t15-/m0/s1. The van der Waals surface area contributed by atoms with Crippen molar-refractivity contribution in [3.63, 3.8) is 0 Å². The number of nitrogens with one attached hydrogen (secondary N) is 1. The normalized spacial score (nSPS) is 12.1. The summed E-state index contributed by atoms with van der Waals surface area (Å²) in [4.78, 5) is 28.5. The van der Waals surface area contributed by atoms with Crippen LogP contribution in [-0.2, 0) is 23.2 Å². The number of hydrogen-bond donors (Lipinski definition) is 1. The van der Waals surface area contributed by atoms with E-state index in [9.17, 15) is 18.4 Å². The number of aromatic nitrogens is 2. The third kappa shape index (κ3) is 4.37. The van der Waals surface area contributed by atoms with Gasteiger partial charge in [0.05, 0.1) is 6.20 Å². The van der Waals surface area contributed by atoms with Crippen molar-refractivity contribution in [2.24, 2.45) is 13.0 Å². The Kier molecular flexibility index (Phi) is 6.31. The molecule has 1 aromatic heterocycles. The van der Waals surface area contributed by atoms with Crippen LogP contribution in [-0.4, -0.2) is 27.5 Å². The summed E-state index contributed by atoms with van der Waals surface area (Å²) in [5.74, 6) is -3.76. The Balaban J connectivity index is 2.09. The van der Waals surface area contributed by atoms with Gasteiger partial charge >= 0.3 is 5.97 Å². The molecule has 140 valence electrons. The molecule has 2 rings (SSSR count). The van der Waals surface area contributed by atoms with Crippen molar-refractivity contribution >= 4 is 23.5 Å². The van der Waals surface area contributed by atoms with Gasteiger partial charge in [0.2, 0.25) is 0 Å². The van der Waals surface area contributed by atoms with Crippen molar-refractivity contribution in [2.45, 2.75) is 26.5 Å². The van der Waals surface area contributed by atoms with E-state index >= 15 is 0 Å². The van der Waals surface area contributed by atoms with Crippen molar-refractivity contribution in [2.75, 3.05) is 0 Å². The lowest BCUT2D eigenvalue weighted by Crippen LogP contribution is -2.45. The van der Waals surface area contributed by atoms with Gasteiger partial charge in [0, 0.05) is 7.05 Å². The predicted octanol–water partition coefficient (Wildman–Crippen LogP) is 2.85. The van der Waals surface area contributed by atoms with Crippen LogP contribution in [0, 0.1) is 17.6 Å². The highest BCUT2D eigenvalue weighted by Crippen LogP contribution is 2.15. The van der Waals surface area contributed by atoms with E-state index in [2.05, 4.69) is 10.3 Å². The van der Waals surface area contributed by atoms with Crippen LogP contribution in [0.15, 0.2) is 24.4 Å². The summed E-state index contributed by atoms with van der Waals surface area (Å²) in [6.45, 7) is 3.18. The summed E-state index contributed by atoms with van der Waals surface area (Å²) in [6, 6.07) is 1.99. The number of hydrogen-bond acceptors (Lipinski definition) is 4. The SMILES string of the molecule is CC(C)[C@H](NC(=O)c1c(F)cccc1F)C(=O)OCc1ncc(Cl)n1C. The zero-order chi connectivity index (χ0) is 19.4. The van der Waals surface area contributed by atoms with Gasteiger partial charge < -0.3 is 14.6 Å². The van der Waals surface area contributed by atoms with Crippen LogP contribution in [0.5, 0.6) is 0 Å². The molecule has 0 radical (unpaired) electrons. The van der Waals surface area contributed by atoms with Crippen LogP contribution in [0.25, 0.3) is 0 Å². The van der Waals surface area contributed by atoms with Gasteiger partial charge in [-0.25, -0.2) is 18.6 Å². The second-order valence-corrected chi connectivity index (χ2v) is 6.34. The van der Waals surface area contributed by atoms with Gasteiger partial charge in [-0.2, -0.15) is 0 Å². The van der Waals surface area contributed by atoms with Crippen molar-refractivity contribution < 1.29 is 23.1 Å². The first kappa shape index (κ1) is 19.8. The Morgan fingerprint density at radius 3 is 2.42 bits per heavy atom. The topological polar surface area (TPSA) is 73.2 Å². The predicted molar refractivity (Wildman–Crippen MR) is 90.5 cm³/mol. The van der Waals surface area contributed by atoms with Gasteiger partial charge in [-0.1, -0.05) is 31.5 Å². The van der Waals surface area contributed by atoms with E-state index in [1.54, 1.807) is 20.9 Å². The minimum Gasteiger partial charge on any atom is -0.456 e. The fraction of sp³-hybridized carbons (Fsp3) is 0.353. The number of ether oxygens (including phenoxy) is 1. The highest BCUT2D eigenvalue weighted by Gasteiger charge is 2.28. The molecule has 26 heavy (non-hydrogen) atoms. The van der Waals surface area contributed by atoms with Crippen LogP contribution in [0.1, 0.15) is 30.0 Å². The first-order valence-corrected chi connectivity index (χ1v) is 8.17. The molecule has 0 bridgehead atoms. The zero-order valence-electron chi connectivity index (χ0n) is 14.4. The molecule has 0 spiro atoms. The molecule has 0 aliphatic carbocycles. The molecular formula is C17H18ClF2N3O3. The van der Waals surface area contributed by atoms with Crippen LogP contribution in [0.3, 0.4) is 0 Å². The minimum atomic E-state index is -1.09. The Hall–Kier alpha value is -2.48. The number of carbonyl (C=O) groups excluding carboxylic acids is 2. The molecule has 1 amide bonds. The number of amides is 1. The Morgan fingerprint density at radius 2 is 1.92 bits per heavy atom. The Morgan fingerprint density at radius 1 is 1.31 bits per heavy atom. The highest BCUT2D eigenvalue weighted by molar-refractivity contribution is 6.29. The van der Waals surface area contributed by atoms with Crippen molar-refractivity contribution in [3.05, 3.63) is 52.6 Å². The third-order valence-electron chi connectivity index (χ3n) is 3.77. The van der Waals surface area contributed by atoms with E-state index in [1.165, 1.54) is 10.8 Å². The van der Waals surface area contributed by atoms with E-state index in [4.69, 9.17) is 16.3 Å². The smallest absolute Gasteiger partial charge is 0.329 e. The lowest BCUT2D eigenvalue weighted by Gasteiger charge is -2.21. The second-order valence-electron chi connectivity index (χ2n) is 5.96. The Bertz CT molecular complexity index is 803. The largest absolute Gasteiger partial charge is 0.456 e. The summed E-state index contributed by atoms with van der Waals surface area (Å²) < 4.78 is 34.2. The fourth-order valence-electron chi connectivity index (χ4n) is 2.21. The molecule has 0 saturated heterocycles. The van der Waals surface area contributed by atoms with Crippen LogP contribution in [0.4, 0.5) is 8.78 Å². The summed E-state index contributed by atoms with van der Waals surface area (Å²) in [5.41, 5.74) is -0.748. The lowest BCUT2D eigenvalue weighted by molar-refractivity contribution is -0.148. The molecule has 1 aromatic carbocycles. The molecule has 1 heterocycles. The number of rotatable bonds is 6. The van der Waals surface area contributed by atoms with Crippen molar-refractivity contribution in [1.29, 1.82) is 0 Å². The maximum Gasteiger partial charge on any atom is 0.329 e. The van der Waals surface area contributed by atoms with Gasteiger partial charge in [-0.15, -0.1) is 0 Å². The summed E-state index contributed by atoms with van der Waals surface area (Å²) in [5, 5.41) is 2.70. The number of halogens is 3. The molecule has 6 nitrogen and oxygen atoms in total. The van der Waals surface area contributed by atoms with Crippen molar-refractivity contribution in [1.82, 2.24) is 14.9 Å². The quantitative estimate of drug-likeness (QED) is 0.776. The average Bonchev–Trinajstić information content (AvgIpc) is 2.89. The van der Waals surface area contributed by atoms with Gasteiger partial charge in [0.15, 0.2) is 0 Å². The van der Waals surface area contributed by atoms with Crippen molar-refractivity contribution in [3.8, 4) is 0 Å². The summed E-state index contributed by atoms with van der Waals surface area (Å²) in [7, 11) is 1.65. The summed E-state index contributed by atoms with van der Waals surface area (Å²) in [6.07, 6.45) is 1.41. The highest BCUT2D eigenvalue weighted by atomic mass is 35.5. The molecule has 0 fully saturated rings. The van der Waals surface area contributed by atoms with Crippen LogP contribution >= 0.6 is 11.6 Å². The van der Waals surface area contributed by atoms with Gasteiger partial charge in [-0.05, 0) is 18.1 Å². The summed E-state index contributed by atoms with van der Waals surface area (Å²) >= 11 is 5.86. The first-order valence-electron chi connectivity index (χ1n) is 7.80. The van der Waals surface area contributed by atoms with Crippen LogP contribution in [0.2, 0.25) is 5.15 Å². The molecule has 2 aromatic rings. The molecule has 0 aliphatic rings. The molecule has 0 aliphatic heterocycles. The molecule has 1 atom stereocenters. The number of nitrogens with zero attached hydrogens (tertiary/aromatic N) is 2. The number of imidazole rings is 1. The van der Waals surface area contributed by atoms with E-state index in [0.717, 1.165) is 18.2 Å². The number of esters is 1. The van der Waals surface area contributed by atoms with Gasteiger partial charge in [0.1, 0.15) is 40.8 Å². The van der Waals surface area contributed by atoms with E-state index in [-0.39, 0.29) is 12.5 Å². The van der Waals surface area contributed by atoms with E-state index < -0.39 is 35.1 Å².